The number of aromatic nitrogens is 6. The highest BCUT2D eigenvalue weighted by atomic mass is 32.1. The first-order chi connectivity index (χ1) is 30.7. The van der Waals surface area contributed by atoms with Gasteiger partial charge in [0.05, 0.1) is 65.4 Å². The number of nitrogens with one attached hydrogen (secondary N) is 2. The fraction of sp³-hybridized carbons (Fsp3) is 0. The maximum Gasteiger partial charge on any atom is 0.168 e. The van der Waals surface area contributed by atoms with Crippen molar-refractivity contribution < 1.29 is 0 Å². The molecule has 0 fully saturated rings. The van der Waals surface area contributed by atoms with Crippen molar-refractivity contribution in [2.24, 2.45) is 0 Å². The maximum atomic E-state index is 5.49. The van der Waals surface area contributed by atoms with E-state index >= 15 is 0 Å². The summed E-state index contributed by atoms with van der Waals surface area (Å²) in [5.74, 6) is 14.2. The lowest BCUT2D eigenvalue weighted by molar-refractivity contribution is 1.39. The number of hydrogen-bond donors (Lipinski definition) is 2. The number of H-pyrrole nitrogens is 2. The van der Waals surface area contributed by atoms with Crippen LogP contribution < -0.4 is 0 Å². The second-order valence-electron chi connectivity index (χ2n) is 15.2. The number of aromatic amines is 2. The molecule has 13 rings (SSSR count). The Balaban J connectivity index is 1.20. The predicted molar refractivity (Wildman–Crippen MR) is 256 cm³/mol. The molecule has 2 aliphatic rings. The molecule has 0 amide bonds. The number of rotatable bonds is 0. The normalized spacial score (nSPS) is 11.6. The lowest BCUT2D eigenvalue weighted by Gasteiger charge is -2.01. The van der Waals surface area contributed by atoms with Crippen molar-refractivity contribution in [3.05, 3.63) is 179 Å². The number of benzene rings is 6. The van der Waals surface area contributed by atoms with Crippen LogP contribution in [-0.4, -0.2) is 29.9 Å². The van der Waals surface area contributed by atoms with E-state index in [1.807, 2.05) is 36.4 Å². The fourth-order valence-corrected chi connectivity index (χ4v) is 10.4. The van der Waals surface area contributed by atoms with Gasteiger partial charge in [-0.05, 0) is 48.2 Å². The summed E-state index contributed by atoms with van der Waals surface area (Å²) in [7, 11) is 0. The number of nitrogens with zero attached hydrogens (tertiary/aromatic N) is 4. The molecule has 0 aliphatic carbocycles. The van der Waals surface area contributed by atoms with Crippen LogP contribution in [-0.2, 0) is 0 Å². The minimum atomic E-state index is 0.750. The highest BCUT2D eigenvalue weighted by molar-refractivity contribution is 7.19. The highest BCUT2D eigenvalue weighted by Gasteiger charge is 2.24. The second-order valence-corrected chi connectivity index (χ2v) is 17.3. The summed E-state index contributed by atoms with van der Waals surface area (Å²) in [6, 6.07) is 54.4. The zero-order chi connectivity index (χ0) is 40.7. The van der Waals surface area contributed by atoms with Crippen LogP contribution in [0, 0.1) is 23.7 Å². The third-order valence-electron chi connectivity index (χ3n) is 11.6. The smallest absolute Gasteiger partial charge is 0.168 e. The van der Waals surface area contributed by atoms with E-state index in [0.717, 1.165) is 130 Å². The first kappa shape index (κ1) is 34.7. The predicted octanol–water partition coefficient (Wildman–Crippen LogP) is 13.3. The largest absolute Gasteiger partial charge is 0.353 e. The fourth-order valence-electron chi connectivity index (χ4n) is 8.78. The van der Waals surface area contributed by atoms with Gasteiger partial charge in [0, 0.05) is 54.8 Å². The Bertz CT molecular complexity index is 3700. The van der Waals surface area contributed by atoms with E-state index in [9.17, 15) is 0 Å². The standard InChI is InChI=1S/C54H28N6S2/c1-5-17-35-31(13-1)43-29-44-32-14-2-6-18-36(32)53(58-44)40(26-28-50-56-42-22-10-12-24-48(42)62-50)54-38-20-8-4-16-34(38)46(60-54)30-45-33-15-3-7-19-37(33)52(59-45)39(51(35)57-43)25-27-49-55-41-21-9-11-23-47(41)61-49/h1-24,29-30,57,60H. The summed E-state index contributed by atoms with van der Waals surface area (Å²) in [6.45, 7) is 0. The summed E-state index contributed by atoms with van der Waals surface area (Å²) in [4.78, 5) is 28.5. The number of para-hydroxylation sites is 2. The average molecular weight is 825 g/mol. The van der Waals surface area contributed by atoms with Crippen LogP contribution >= 0.6 is 22.7 Å². The van der Waals surface area contributed by atoms with E-state index in [2.05, 4.69) is 155 Å². The van der Waals surface area contributed by atoms with E-state index in [4.69, 9.17) is 19.9 Å². The summed E-state index contributed by atoms with van der Waals surface area (Å²) in [6.07, 6.45) is 0. The quantitative estimate of drug-likeness (QED) is 0.149. The molecule has 2 aliphatic heterocycles. The van der Waals surface area contributed by atoms with Gasteiger partial charge in [0.15, 0.2) is 10.0 Å². The molecule has 2 N–H and O–H groups in total. The zero-order valence-electron chi connectivity index (χ0n) is 32.6. The molecule has 8 heteroatoms. The molecule has 0 saturated heterocycles. The SMILES string of the molecule is C(#Cc1c2nc(cc3[nH]c(c(C#Cc4nc5ccccc5s4)c4nc(cc5[nH]c1c1ccccc51)-c1ccccc1-4)c1ccccc31)-c1ccccc1-2)c1nc2ccccc2s1. The molecule has 0 unspecified atom stereocenters. The topological polar surface area (TPSA) is 83.1 Å². The minimum absolute atomic E-state index is 0.750. The summed E-state index contributed by atoms with van der Waals surface area (Å²) >= 11 is 3.19. The van der Waals surface area contributed by atoms with Crippen LogP contribution in [0.5, 0.6) is 0 Å². The molecular formula is C54H28N6S2. The molecule has 0 saturated carbocycles. The molecule has 62 heavy (non-hydrogen) atoms. The first-order valence-electron chi connectivity index (χ1n) is 20.2. The van der Waals surface area contributed by atoms with Crippen molar-refractivity contribution in [1.29, 1.82) is 0 Å². The number of hydrogen-bond acceptors (Lipinski definition) is 6. The van der Waals surface area contributed by atoms with Crippen LogP contribution in [0.25, 0.3) is 109 Å². The Morgan fingerprint density at radius 2 is 0.758 bits per heavy atom. The Morgan fingerprint density at radius 1 is 0.371 bits per heavy atom. The van der Waals surface area contributed by atoms with Gasteiger partial charge in [0.1, 0.15) is 0 Å². The van der Waals surface area contributed by atoms with Crippen molar-refractivity contribution in [1.82, 2.24) is 29.9 Å². The Kier molecular flexibility index (Phi) is 7.67. The average Bonchev–Trinajstić information content (AvgIpc) is 4.18. The van der Waals surface area contributed by atoms with Crippen LogP contribution in [0.15, 0.2) is 158 Å². The van der Waals surface area contributed by atoms with Gasteiger partial charge in [-0.3, -0.25) is 0 Å². The molecule has 6 nitrogen and oxygen atoms in total. The first-order valence-corrected chi connectivity index (χ1v) is 21.9. The van der Waals surface area contributed by atoms with Crippen molar-refractivity contribution >= 4 is 86.7 Å². The highest BCUT2D eigenvalue weighted by Crippen LogP contribution is 2.43. The second kappa shape index (κ2) is 13.7. The van der Waals surface area contributed by atoms with Gasteiger partial charge < -0.3 is 9.97 Å². The van der Waals surface area contributed by atoms with E-state index in [1.165, 1.54) is 0 Å². The van der Waals surface area contributed by atoms with Crippen molar-refractivity contribution in [3.8, 4) is 68.7 Å². The van der Waals surface area contributed by atoms with Crippen LogP contribution in [0.1, 0.15) is 21.1 Å². The molecule has 0 radical (unpaired) electrons. The van der Waals surface area contributed by atoms with Gasteiger partial charge in [-0.1, -0.05) is 133 Å². The lowest BCUT2D eigenvalue weighted by atomic mass is 10.0. The summed E-state index contributed by atoms with van der Waals surface area (Å²) in [5, 5.41) is 5.70. The van der Waals surface area contributed by atoms with Gasteiger partial charge in [-0.2, -0.15) is 0 Å². The van der Waals surface area contributed by atoms with Crippen LogP contribution in [0.2, 0.25) is 0 Å². The third kappa shape index (κ3) is 5.52. The van der Waals surface area contributed by atoms with Gasteiger partial charge >= 0.3 is 0 Å². The Morgan fingerprint density at radius 3 is 1.21 bits per heavy atom. The van der Waals surface area contributed by atoms with Crippen LogP contribution in [0.4, 0.5) is 0 Å². The van der Waals surface area contributed by atoms with E-state index in [1.54, 1.807) is 22.7 Å². The molecule has 0 atom stereocenters. The lowest BCUT2D eigenvalue weighted by Crippen LogP contribution is -1.85. The van der Waals surface area contributed by atoms with Crippen molar-refractivity contribution in [2.75, 3.05) is 0 Å². The molecule has 8 bridgehead atoms. The van der Waals surface area contributed by atoms with Crippen molar-refractivity contribution in [3.63, 3.8) is 0 Å². The monoisotopic (exact) mass is 824 g/mol. The summed E-state index contributed by atoms with van der Waals surface area (Å²) < 4.78 is 2.20. The molecule has 0 spiro atoms. The minimum Gasteiger partial charge on any atom is -0.353 e. The van der Waals surface area contributed by atoms with E-state index < -0.39 is 0 Å². The van der Waals surface area contributed by atoms with Gasteiger partial charge in [-0.15, -0.1) is 22.7 Å². The molecule has 286 valence electrons. The Hall–Kier alpha value is -8.14. The van der Waals surface area contributed by atoms with Gasteiger partial charge in [0.25, 0.3) is 0 Å². The van der Waals surface area contributed by atoms with E-state index in [0.29, 0.717) is 0 Å². The maximum absolute atomic E-state index is 5.49. The molecular weight excluding hydrogens is 797 g/mol. The summed E-state index contributed by atoms with van der Waals surface area (Å²) in [5.41, 5.74) is 14.5. The zero-order valence-corrected chi connectivity index (χ0v) is 34.2. The molecule has 6 aromatic carbocycles. The van der Waals surface area contributed by atoms with Gasteiger partial charge in [0.2, 0.25) is 0 Å². The number of thiazole rings is 2. The Labute approximate surface area is 362 Å². The van der Waals surface area contributed by atoms with Gasteiger partial charge in [-0.25, -0.2) is 19.9 Å². The van der Waals surface area contributed by atoms with Crippen molar-refractivity contribution in [2.45, 2.75) is 0 Å². The van der Waals surface area contributed by atoms with E-state index in [-0.39, 0.29) is 0 Å². The molecule has 5 aromatic heterocycles. The van der Waals surface area contributed by atoms with Crippen LogP contribution in [0.3, 0.4) is 0 Å². The molecule has 11 aromatic rings. The molecule has 7 heterocycles. The third-order valence-corrected chi connectivity index (χ3v) is 13.5. The number of fused-ring (bicyclic) bond motifs is 22.